The fraction of sp³-hybridized carbons (Fsp3) is 0.0833. The van der Waals surface area contributed by atoms with E-state index in [4.69, 9.17) is 9.47 Å². The minimum absolute atomic E-state index is 0.313. The molecule has 156 valence electrons. The number of imide groups is 1. The summed E-state index contributed by atoms with van der Waals surface area (Å²) in [6, 6.07) is 22.5. The highest BCUT2D eigenvalue weighted by atomic mass is 127. The van der Waals surface area contributed by atoms with E-state index in [9.17, 15) is 9.59 Å². The molecule has 0 bridgehead atoms. The van der Waals surface area contributed by atoms with E-state index in [-0.39, 0.29) is 11.1 Å². The number of ether oxygens (including phenoxy) is 2. The molecule has 4 rings (SSSR count). The molecule has 5 nitrogen and oxygen atoms in total. The van der Waals surface area contributed by atoms with Gasteiger partial charge in [-0.2, -0.15) is 0 Å². The minimum atomic E-state index is -0.334. The number of carbonyl (C=O) groups excluding carboxylic acids is 2. The molecule has 0 N–H and O–H groups in total. The number of carbonyl (C=O) groups is 2. The number of halogens is 1. The van der Waals surface area contributed by atoms with Gasteiger partial charge in [-0.3, -0.25) is 9.59 Å². The molecule has 2 amide bonds. The van der Waals surface area contributed by atoms with Crippen molar-refractivity contribution >= 4 is 57.3 Å². The third-order valence-electron chi connectivity index (χ3n) is 4.58. The zero-order valence-electron chi connectivity index (χ0n) is 16.6. The first kappa shape index (κ1) is 21.5. The van der Waals surface area contributed by atoms with Crippen LogP contribution in [0.3, 0.4) is 0 Å². The van der Waals surface area contributed by atoms with E-state index in [1.165, 1.54) is 4.90 Å². The lowest BCUT2D eigenvalue weighted by Gasteiger charge is -2.14. The highest BCUT2D eigenvalue weighted by Crippen LogP contribution is 2.38. The van der Waals surface area contributed by atoms with Gasteiger partial charge in [-0.1, -0.05) is 48.5 Å². The standard InChI is InChI=1S/C24H18INO4S/c1-29-20-13-17(12-19(25)22(20)30-15-16-8-4-2-5-9-16)14-21-23(27)26(24(28)31-21)18-10-6-3-7-11-18/h2-14H,15H2,1H3/b21-14-. The molecule has 0 aliphatic carbocycles. The fourth-order valence-corrected chi connectivity index (χ4v) is 4.73. The second-order valence-corrected chi connectivity index (χ2v) is 8.82. The molecule has 0 aromatic heterocycles. The number of hydrogen-bond acceptors (Lipinski definition) is 5. The van der Waals surface area contributed by atoms with Crippen LogP contribution >= 0.6 is 34.4 Å². The summed E-state index contributed by atoms with van der Waals surface area (Å²) in [5.74, 6) is 0.873. The molecule has 0 saturated carbocycles. The molecule has 1 aliphatic rings. The van der Waals surface area contributed by atoms with Gasteiger partial charge in [0.1, 0.15) is 6.61 Å². The van der Waals surface area contributed by atoms with Gasteiger partial charge in [0, 0.05) is 0 Å². The van der Waals surface area contributed by atoms with Crippen LogP contribution in [0.15, 0.2) is 77.7 Å². The number of para-hydroxylation sites is 1. The zero-order valence-corrected chi connectivity index (χ0v) is 19.6. The van der Waals surface area contributed by atoms with Gasteiger partial charge in [0.2, 0.25) is 0 Å². The van der Waals surface area contributed by atoms with Crippen molar-refractivity contribution in [3.63, 3.8) is 0 Å². The Morgan fingerprint density at radius 1 is 1.00 bits per heavy atom. The van der Waals surface area contributed by atoms with Crippen LogP contribution in [0.2, 0.25) is 0 Å². The lowest BCUT2D eigenvalue weighted by molar-refractivity contribution is -0.113. The van der Waals surface area contributed by atoms with E-state index < -0.39 is 0 Å². The van der Waals surface area contributed by atoms with Crippen LogP contribution in [0.1, 0.15) is 11.1 Å². The Bertz CT molecular complexity index is 1150. The molecule has 1 aliphatic heterocycles. The normalized spacial score (nSPS) is 14.9. The van der Waals surface area contributed by atoms with Crippen molar-refractivity contribution in [1.82, 2.24) is 0 Å². The Labute approximate surface area is 198 Å². The number of benzene rings is 3. The number of methoxy groups -OCH3 is 1. The summed E-state index contributed by atoms with van der Waals surface area (Å²) >= 11 is 3.11. The molecule has 0 spiro atoms. The van der Waals surface area contributed by atoms with Crippen molar-refractivity contribution in [2.24, 2.45) is 0 Å². The minimum Gasteiger partial charge on any atom is -0.493 e. The van der Waals surface area contributed by atoms with Gasteiger partial charge < -0.3 is 9.47 Å². The quantitative estimate of drug-likeness (QED) is 0.277. The maximum absolute atomic E-state index is 12.8. The maximum Gasteiger partial charge on any atom is 0.298 e. The third-order valence-corrected chi connectivity index (χ3v) is 6.25. The highest BCUT2D eigenvalue weighted by Gasteiger charge is 2.36. The topological polar surface area (TPSA) is 55.8 Å². The Hall–Kier alpha value is -2.78. The maximum atomic E-state index is 12.8. The Balaban J connectivity index is 1.59. The molecular weight excluding hydrogens is 525 g/mol. The molecule has 31 heavy (non-hydrogen) atoms. The lowest BCUT2D eigenvalue weighted by Crippen LogP contribution is -2.27. The summed E-state index contributed by atoms with van der Waals surface area (Å²) in [5, 5.41) is -0.313. The predicted octanol–water partition coefficient (Wildman–Crippen LogP) is 6.12. The van der Waals surface area contributed by atoms with Crippen molar-refractivity contribution in [2.75, 3.05) is 12.0 Å². The first-order valence-corrected chi connectivity index (χ1v) is 11.3. The number of nitrogens with zero attached hydrogens (tertiary/aromatic N) is 1. The van der Waals surface area contributed by atoms with Gasteiger partial charge in [-0.05, 0) is 75.8 Å². The molecule has 7 heteroatoms. The van der Waals surface area contributed by atoms with E-state index in [1.807, 2.05) is 42.5 Å². The molecule has 3 aromatic carbocycles. The summed E-state index contributed by atoms with van der Waals surface area (Å²) in [7, 11) is 1.58. The first-order chi connectivity index (χ1) is 15.1. The summed E-state index contributed by atoms with van der Waals surface area (Å²) in [6.45, 7) is 0.419. The van der Waals surface area contributed by atoms with Crippen LogP contribution in [-0.4, -0.2) is 18.3 Å². The van der Waals surface area contributed by atoms with Crippen LogP contribution in [-0.2, 0) is 11.4 Å². The highest BCUT2D eigenvalue weighted by molar-refractivity contribution is 14.1. The van der Waals surface area contributed by atoms with Crippen molar-refractivity contribution in [3.8, 4) is 11.5 Å². The third kappa shape index (κ3) is 4.77. The first-order valence-electron chi connectivity index (χ1n) is 9.44. The molecule has 0 radical (unpaired) electrons. The van der Waals surface area contributed by atoms with Gasteiger partial charge in [0.15, 0.2) is 11.5 Å². The van der Waals surface area contributed by atoms with Gasteiger partial charge in [0.05, 0.1) is 21.3 Å². The molecular formula is C24H18INO4S. The molecule has 1 saturated heterocycles. The van der Waals surface area contributed by atoms with Crippen molar-refractivity contribution in [1.29, 1.82) is 0 Å². The zero-order chi connectivity index (χ0) is 21.8. The van der Waals surface area contributed by atoms with Crippen LogP contribution < -0.4 is 14.4 Å². The molecule has 3 aromatic rings. The molecule has 0 atom stereocenters. The number of hydrogen-bond donors (Lipinski definition) is 0. The average Bonchev–Trinajstić information content (AvgIpc) is 3.06. The fourth-order valence-electron chi connectivity index (χ4n) is 3.11. The summed E-state index contributed by atoms with van der Waals surface area (Å²) < 4.78 is 12.4. The molecule has 1 heterocycles. The van der Waals surface area contributed by atoms with E-state index in [0.717, 1.165) is 26.5 Å². The molecule has 0 unspecified atom stereocenters. The van der Waals surface area contributed by atoms with E-state index >= 15 is 0 Å². The summed E-state index contributed by atoms with van der Waals surface area (Å²) in [5.41, 5.74) is 2.37. The monoisotopic (exact) mass is 543 g/mol. The van der Waals surface area contributed by atoms with Crippen molar-refractivity contribution < 1.29 is 19.1 Å². The number of anilines is 1. The average molecular weight is 543 g/mol. The Morgan fingerprint density at radius 2 is 1.68 bits per heavy atom. The van der Waals surface area contributed by atoms with Crippen LogP contribution in [0.25, 0.3) is 6.08 Å². The van der Waals surface area contributed by atoms with Gasteiger partial charge in [-0.25, -0.2) is 4.90 Å². The summed E-state index contributed by atoms with van der Waals surface area (Å²) in [4.78, 5) is 26.8. The smallest absolute Gasteiger partial charge is 0.298 e. The van der Waals surface area contributed by atoms with E-state index in [0.29, 0.717) is 28.7 Å². The SMILES string of the molecule is COc1cc(/C=C2\SC(=O)N(c3ccccc3)C2=O)cc(I)c1OCc1ccccc1. The Morgan fingerprint density at radius 3 is 2.35 bits per heavy atom. The van der Waals surface area contributed by atoms with E-state index in [2.05, 4.69) is 22.6 Å². The molecule has 1 fully saturated rings. The Kier molecular flexibility index (Phi) is 6.62. The van der Waals surface area contributed by atoms with Gasteiger partial charge in [-0.15, -0.1) is 0 Å². The van der Waals surface area contributed by atoms with Crippen molar-refractivity contribution in [3.05, 3.63) is 92.4 Å². The largest absolute Gasteiger partial charge is 0.493 e. The summed E-state index contributed by atoms with van der Waals surface area (Å²) in [6.07, 6.45) is 1.71. The van der Waals surface area contributed by atoms with Crippen LogP contribution in [0.5, 0.6) is 11.5 Å². The number of amides is 2. The van der Waals surface area contributed by atoms with Gasteiger partial charge >= 0.3 is 0 Å². The van der Waals surface area contributed by atoms with Crippen LogP contribution in [0.4, 0.5) is 10.5 Å². The van der Waals surface area contributed by atoms with Gasteiger partial charge in [0.25, 0.3) is 11.1 Å². The predicted molar refractivity (Wildman–Crippen MR) is 131 cm³/mol. The lowest BCUT2D eigenvalue weighted by atomic mass is 10.1. The van der Waals surface area contributed by atoms with E-state index in [1.54, 1.807) is 43.5 Å². The second kappa shape index (κ2) is 9.57. The number of thioether (sulfide) groups is 1. The van der Waals surface area contributed by atoms with Crippen LogP contribution in [0, 0.1) is 3.57 Å². The second-order valence-electron chi connectivity index (χ2n) is 6.66. The van der Waals surface area contributed by atoms with Crippen molar-refractivity contribution in [2.45, 2.75) is 6.61 Å². The number of rotatable bonds is 6.